The number of carbonyl (C=O) groups is 1. The SMILES string of the molecule is CN(C(=O)c1ccccc1)[C@]1(C)[C@H]2CC[C@@H](C2)C1(C)C. The van der Waals surface area contributed by atoms with E-state index in [1.54, 1.807) is 0 Å². The van der Waals surface area contributed by atoms with Gasteiger partial charge in [0, 0.05) is 18.2 Å². The van der Waals surface area contributed by atoms with Gasteiger partial charge in [-0.05, 0) is 55.6 Å². The van der Waals surface area contributed by atoms with Crippen molar-refractivity contribution in [1.82, 2.24) is 4.90 Å². The minimum atomic E-state index is -0.0250. The van der Waals surface area contributed by atoms with Gasteiger partial charge >= 0.3 is 0 Å². The molecule has 20 heavy (non-hydrogen) atoms. The molecule has 0 saturated heterocycles. The predicted octanol–water partition coefficient (Wildman–Crippen LogP) is 3.97. The normalized spacial score (nSPS) is 34.2. The van der Waals surface area contributed by atoms with E-state index in [1.807, 2.05) is 42.3 Å². The van der Waals surface area contributed by atoms with Gasteiger partial charge in [-0.2, -0.15) is 0 Å². The van der Waals surface area contributed by atoms with E-state index in [-0.39, 0.29) is 16.9 Å². The van der Waals surface area contributed by atoms with Crippen molar-refractivity contribution in [3.05, 3.63) is 35.9 Å². The molecule has 0 heterocycles. The molecule has 0 aromatic heterocycles. The molecule has 2 bridgehead atoms. The molecule has 2 fully saturated rings. The summed E-state index contributed by atoms with van der Waals surface area (Å²) in [4.78, 5) is 14.9. The van der Waals surface area contributed by atoms with Crippen LogP contribution >= 0.6 is 0 Å². The summed E-state index contributed by atoms with van der Waals surface area (Å²) in [5, 5.41) is 0. The van der Waals surface area contributed by atoms with Crippen LogP contribution in [0.15, 0.2) is 30.3 Å². The molecule has 3 atom stereocenters. The van der Waals surface area contributed by atoms with Crippen LogP contribution in [0.25, 0.3) is 0 Å². The maximum Gasteiger partial charge on any atom is 0.254 e. The Morgan fingerprint density at radius 3 is 2.25 bits per heavy atom. The molecule has 0 aliphatic heterocycles. The van der Waals surface area contributed by atoms with Crippen LogP contribution in [0, 0.1) is 17.3 Å². The van der Waals surface area contributed by atoms with E-state index in [4.69, 9.17) is 0 Å². The summed E-state index contributed by atoms with van der Waals surface area (Å²) < 4.78 is 0. The standard InChI is InChI=1S/C18H25NO/c1-17(2)14-10-11-15(12-14)18(17,3)19(4)16(20)13-8-6-5-7-9-13/h5-9,14-15H,10-12H2,1-4H3/t14-,15-,18+/m0/s1. The molecule has 3 rings (SSSR count). The van der Waals surface area contributed by atoms with Gasteiger partial charge in [-0.15, -0.1) is 0 Å². The highest BCUT2D eigenvalue weighted by Crippen LogP contribution is 2.63. The zero-order valence-corrected chi connectivity index (χ0v) is 13.0. The highest BCUT2D eigenvalue weighted by Gasteiger charge is 2.62. The first-order valence-corrected chi connectivity index (χ1v) is 7.72. The highest BCUT2D eigenvalue weighted by atomic mass is 16.2. The number of hydrogen-bond donors (Lipinski definition) is 0. The number of fused-ring (bicyclic) bond motifs is 2. The predicted molar refractivity (Wildman–Crippen MR) is 81.6 cm³/mol. The van der Waals surface area contributed by atoms with E-state index in [9.17, 15) is 4.79 Å². The molecule has 108 valence electrons. The van der Waals surface area contributed by atoms with Crippen LogP contribution in [-0.2, 0) is 0 Å². The lowest BCUT2D eigenvalue weighted by molar-refractivity contribution is -0.0193. The minimum absolute atomic E-state index is 0.0250. The van der Waals surface area contributed by atoms with Crippen LogP contribution in [0.1, 0.15) is 50.4 Å². The molecule has 1 amide bonds. The molecule has 0 unspecified atom stereocenters. The Bertz CT molecular complexity index is 521. The van der Waals surface area contributed by atoms with Crippen LogP contribution in [0.5, 0.6) is 0 Å². The third-order valence-corrected chi connectivity index (χ3v) is 6.57. The van der Waals surface area contributed by atoms with Crippen molar-refractivity contribution in [3.63, 3.8) is 0 Å². The van der Waals surface area contributed by atoms with Gasteiger partial charge in [-0.1, -0.05) is 32.0 Å². The van der Waals surface area contributed by atoms with Gasteiger partial charge in [-0.3, -0.25) is 4.79 Å². The molecule has 2 nitrogen and oxygen atoms in total. The van der Waals surface area contributed by atoms with Crippen molar-refractivity contribution in [2.24, 2.45) is 17.3 Å². The van der Waals surface area contributed by atoms with E-state index >= 15 is 0 Å². The lowest BCUT2D eigenvalue weighted by Crippen LogP contribution is -2.59. The van der Waals surface area contributed by atoms with Crippen molar-refractivity contribution in [2.75, 3.05) is 7.05 Å². The number of carbonyl (C=O) groups excluding carboxylic acids is 1. The number of rotatable bonds is 2. The maximum atomic E-state index is 12.8. The number of benzene rings is 1. The Morgan fingerprint density at radius 2 is 1.70 bits per heavy atom. The Kier molecular flexibility index (Phi) is 2.97. The molecule has 0 spiro atoms. The average Bonchev–Trinajstić information content (AvgIpc) is 3.01. The topological polar surface area (TPSA) is 20.3 Å². The molecular weight excluding hydrogens is 246 g/mol. The monoisotopic (exact) mass is 271 g/mol. The largest absolute Gasteiger partial charge is 0.335 e. The van der Waals surface area contributed by atoms with Gasteiger partial charge < -0.3 is 4.90 Å². The Morgan fingerprint density at radius 1 is 1.10 bits per heavy atom. The van der Waals surface area contributed by atoms with Gasteiger partial charge in [0.15, 0.2) is 0 Å². The summed E-state index contributed by atoms with van der Waals surface area (Å²) in [5.41, 5.74) is 0.979. The van der Waals surface area contributed by atoms with Crippen LogP contribution < -0.4 is 0 Å². The summed E-state index contributed by atoms with van der Waals surface area (Å²) in [6.45, 7) is 7.01. The molecule has 2 aliphatic rings. The molecule has 0 N–H and O–H groups in total. The first-order chi connectivity index (χ1) is 9.39. The third-order valence-electron chi connectivity index (χ3n) is 6.57. The summed E-state index contributed by atoms with van der Waals surface area (Å²) in [7, 11) is 2.00. The molecule has 0 radical (unpaired) electrons. The van der Waals surface area contributed by atoms with Gasteiger partial charge in [0.2, 0.25) is 0 Å². The third kappa shape index (κ3) is 1.60. The van der Waals surface area contributed by atoms with Crippen LogP contribution in [0.4, 0.5) is 0 Å². The molecule has 2 saturated carbocycles. The second-order valence-corrected chi connectivity index (χ2v) is 7.31. The highest BCUT2D eigenvalue weighted by molar-refractivity contribution is 5.94. The summed E-state index contributed by atoms with van der Waals surface area (Å²) in [6, 6.07) is 9.68. The van der Waals surface area contributed by atoms with Crippen molar-refractivity contribution < 1.29 is 4.79 Å². The summed E-state index contributed by atoms with van der Waals surface area (Å²) in [5.74, 6) is 1.58. The Labute approximate surface area is 122 Å². The van der Waals surface area contributed by atoms with E-state index < -0.39 is 0 Å². The van der Waals surface area contributed by atoms with Crippen molar-refractivity contribution in [3.8, 4) is 0 Å². The fraction of sp³-hybridized carbons (Fsp3) is 0.611. The fourth-order valence-corrected chi connectivity index (χ4v) is 4.78. The molecular formula is C18H25NO. The Hall–Kier alpha value is -1.31. The lowest BCUT2D eigenvalue weighted by atomic mass is 9.63. The zero-order valence-electron chi connectivity index (χ0n) is 13.0. The van der Waals surface area contributed by atoms with Gasteiger partial charge in [0.1, 0.15) is 0 Å². The average molecular weight is 271 g/mol. The number of hydrogen-bond acceptors (Lipinski definition) is 1. The van der Waals surface area contributed by atoms with E-state index in [0.29, 0.717) is 5.92 Å². The van der Waals surface area contributed by atoms with Gasteiger partial charge in [-0.25, -0.2) is 0 Å². The lowest BCUT2D eigenvalue weighted by Gasteiger charge is -2.53. The van der Waals surface area contributed by atoms with E-state index in [0.717, 1.165) is 11.5 Å². The van der Waals surface area contributed by atoms with Crippen molar-refractivity contribution >= 4 is 5.91 Å². The molecule has 1 aromatic rings. The van der Waals surface area contributed by atoms with Gasteiger partial charge in [0.05, 0.1) is 0 Å². The molecule has 2 aliphatic carbocycles. The smallest absolute Gasteiger partial charge is 0.254 e. The fourth-order valence-electron chi connectivity index (χ4n) is 4.78. The van der Waals surface area contributed by atoms with Crippen LogP contribution in [0.2, 0.25) is 0 Å². The quantitative estimate of drug-likeness (QED) is 0.797. The first kappa shape index (κ1) is 13.7. The molecule has 1 aromatic carbocycles. The van der Waals surface area contributed by atoms with Crippen LogP contribution in [-0.4, -0.2) is 23.4 Å². The Balaban J connectivity index is 1.94. The second-order valence-electron chi connectivity index (χ2n) is 7.31. The summed E-state index contributed by atoms with van der Waals surface area (Å²) in [6.07, 6.45) is 3.90. The van der Waals surface area contributed by atoms with E-state index in [2.05, 4.69) is 20.8 Å². The van der Waals surface area contributed by atoms with Crippen molar-refractivity contribution in [1.29, 1.82) is 0 Å². The van der Waals surface area contributed by atoms with Gasteiger partial charge in [0.25, 0.3) is 5.91 Å². The van der Waals surface area contributed by atoms with Crippen molar-refractivity contribution in [2.45, 2.75) is 45.6 Å². The second kappa shape index (κ2) is 4.34. The zero-order chi connectivity index (χ0) is 14.5. The molecule has 2 heteroatoms. The number of amides is 1. The van der Waals surface area contributed by atoms with E-state index in [1.165, 1.54) is 19.3 Å². The number of nitrogens with zero attached hydrogens (tertiary/aromatic N) is 1. The van der Waals surface area contributed by atoms with Crippen LogP contribution in [0.3, 0.4) is 0 Å². The minimum Gasteiger partial charge on any atom is -0.335 e. The first-order valence-electron chi connectivity index (χ1n) is 7.72. The summed E-state index contributed by atoms with van der Waals surface area (Å²) >= 11 is 0. The maximum absolute atomic E-state index is 12.8.